The molecular weight excluding hydrogens is 365 g/mol. The van der Waals surface area contributed by atoms with Crippen LogP contribution < -0.4 is 9.64 Å². The van der Waals surface area contributed by atoms with Crippen molar-refractivity contribution < 1.29 is 9.53 Å². The van der Waals surface area contributed by atoms with Crippen LogP contribution in [0.1, 0.15) is 31.1 Å². The van der Waals surface area contributed by atoms with E-state index < -0.39 is 0 Å². The van der Waals surface area contributed by atoms with Crippen LogP contribution in [0.5, 0.6) is 5.75 Å². The van der Waals surface area contributed by atoms with E-state index in [0.717, 1.165) is 11.1 Å². The van der Waals surface area contributed by atoms with Gasteiger partial charge in [0.25, 0.3) is 5.91 Å². The first-order valence-corrected chi connectivity index (χ1v) is 9.70. The van der Waals surface area contributed by atoms with Crippen molar-refractivity contribution in [3.05, 3.63) is 58.6 Å². The number of nitroso groups, excluding NO2 is 1. The lowest BCUT2D eigenvalue weighted by molar-refractivity contribution is 0.0780. The third kappa shape index (κ3) is 5.83. The summed E-state index contributed by atoms with van der Waals surface area (Å²) in [6, 6.07) is 3.19. The van der Waals surface area contributed by atoms with Gasteiger partial charge >= 0.3 is 0 Å². The minimum absolute atomic E-state index is 0.117. The molecule has 2 rings (SSSR count). The number of carbonyl (C=O) groups excluding carboxylic acids is 1. The topological polar surface area (TPSA) is 62.2 Å². The second-order valence-corrected chi connectivity index (χ2v) is 6.39. The maximum absolute atomic E-state index is 13.2. The molecule has 0 N–H and O–H groups in total. The highest BCUT2D eigenvalue weighted by Crippen LogP contribution is 2.36. The highest BCUT2D eigenvalue weighted by atomic mass is 16.5. The number of carbonyl (C=O) groups is 1. The Morgan fingerprint density at radius 2 is 2.03 bits per heavy atom. The number of nitrogens with zero attached hydrogens (tertiary/aromatic N) is 3. The summed E-state index contributed by atoms with van der Waals surface area (Å²) in [5.41, 5.74) is 3.33. The Labute approximate surface area is 175 Å². The number of allylic oxidation sites excluding steroid dienone is 4. The highest BCUT2D eigenvalue weighted by molar-refractivity contribution is 6.10. The normalized spacial score (nSPS) is 14.4. The Morgan fingerprint density at radius 1 is 1.34 bits per heavy atom. The van der Waals surface area contributed by atoms with E-state index >= 15 is 0 Å². The maximum Gasteiger partial charge on any atom is 0.256 e. The van der Waals surface area contributed by atoms with Crippen molar-refractivity contribution in [1.82, 2.24) is 4.90 Å². The van der Waals surface area contributed by atoms with Crippen LogP contribution in [0.4, 0.5) is 11.4 Å². The van der Waals surface area contributed by atoms with Gasteiger partial charge in [0.2, 0.25) is 0 Å². The van der Waals surface area contributed by atoms with Crippen molar-refractivity contribution in [3.63, 3.8) is 0 Å². The van der Waals surface area contributed by atoms with Gasteiger partial charge in [0.1, 0.15) is 5.75 Å². The largest absolute Gasteiger partial charge is 0.494 e. The first kappa shape index (κ1) is 24.2. The van der Waals surface area contributed by atoms with E-state index in [2.05, 4.69) is 11.8 Å². The number of anilines is 1. The highest BCUT2D eigenvalue weighted by Gasteiger charge is 2.27. The van der Waals surface area contributed by atoms with Crippen molar-refractivity contribution >= 4 is 25.1 Å². The van der Waals surface area contributed by atoms with Crippen LogP contribution in [0.3, 0.4) is 0 Å². The number of methoxy groups -OCH3 is 1. The fourth-order valence-corrected chi connectivity index (χ4v) is 3.05. The predicted molar refractivity (Wildman–Crippen MR) is 122 cm³/mol. The van der Waals surface area contributed by atoms with E-state index in [1.807, 2.05) is 44.9 Å². The van der Waals surface area contributed by atoms with Crippen LogP contribution in [0.15, 0.2) is 53.3 Å². The van der Waals surface area contributed by atoms with E-state index in [1.165, 1.54) is 7.11 Å². The lowest BCUT2D eigenvalue weighted by Gasteiger charge is -2.22. The predicted octanol–water partition coefficient (Wildman–Crippen LogP) is 4.66. The molecule has 0 saturated carbocycles. The van der Waals surface area contributed by atoms with Gasteiger partial charge in [-0.15, -0.1) is 4.91 Å². The molecule has 6 nitrogen and oxygen atoms in total. The van der Waals surface area contributed by atoms with Gasteiger partial charge < -0.3 is 14.5 Å². The number of benzene rings is 1. The quantitative estimate of drug-likeness (QED) is 0.383. The summed E-state index contributed by atoms with van der Waals surface area (Å²) >= 11 is 0. The molecule has 29 heavy (non-hydrogen) atoms. The fourth-order valence-electron chi connectivity index (χ4n) is 3.05. The minimum Gasteiger partial charge on any atom is -0.494 e. The Morgan fingerprint density at radius 3 is 2.59 bits per heavy atom. The summed E-state index contributed by atoms with van der Waals surface area (Å²) in [5, 5.41) is 3.01. The average Bonchev–Trinajstić information content (AvgIpc) is 2.86. The number of hydrogen-bond donors (Lipinski definition) is 0. The third-order valence-electron chi connectivity index (χ3n) is 4.66. The van der Waals surface area contributed by atoms with Gasteiger partial charge in [-0.3, -0.25) is 4.79 Å². The standard InChI is InChI=1S/C20H24BN3O3.C2H6/c1-5-6-7-15(12-21)14(2)13-24-9-8-23(3)18-11-17(22-26)19(27-4)10-16(18)20(24)25;1-2/h5-7,10-11H,1,8-9,12-13H2,2-4H3;1-2H3/b7-6-,15-14-;. The first-order valence-electron chi connectivity index (χ1n) is 9.70. The van der Waals surface area contributed by atoms with E-state index in [-0.39, 0.29) is 17.3 Å². The van der Waals surface area contributed by atoms with Crippen LogP contribution in [-0.4, -0.2) is 52.4 Å². The van der Waals surface area contributed by atoms with Gasteiger partial charge in [0.05, 0.1) is 26.2 Å². The van der Waals surface area contributed by atoms with Crippen molar-refractivity contribution in [2.75, 3.05) is 38.7 Å². The molecule has 1 aliphatic rings. The zero-order chi connectivity index (χ0) is 22.0. The summed E-state index contributed by atoms with van der Waals surface area (Å²) in [6.07, 6.45) is 5.82. The number of ether oxygens (including phenoxy) is 1. The summed E-state index contributed by atoms with van der Waals surface area (Å²) in [4.78, 5) is 28.0. The van der Waals surface area contributed by atoms with Crippen molar-refractivity contribution in [2.24, 2.45) is 5.18 Å². The van der Waals surface area contributed by atoms with Gasteiger partial charge in [0, 0.05) is 26.7 Å². The minimum atomic E-state index is -0.117. The second-order valence-electron chi connectivity index (χ2n) is 6.39. The van der Waals surface area contributed by atoms with Gasteiger partial charge in [-0.05, 0) is 24.2 Å². The molecule has 0 fully saturated rings. The number of hydrogen-bond acceptors (Lipinski definition) is 5. The van der Waals surface area contributed by atoms with Gasteiger partial charge in [-0.1, -0.05) is 56.1 Å². The van der Waals surface area contributed by atoms with Crippen LogP contribution >= 0.6 is 0 Å². The number of fused-ring (bicyclic) bond motifs is 1. The van der Waals surface area contributed by atoms with E-state index in [1.54, 1.807) is 23.1 Å². The fraction of sp³-hybridized carbons (Fsp3) is 0.409. The van der Waals surface area contributed by atoms with E-state index in [4.69, 9.17) is 12.6 Å². The number of amides is 1. The van der Waals surface area contributed by atoms with E-state index in [0.29, 0.717) is 37.2 Å². The zero-order valence-corrected chi connectivity index (χ0v) is 18.1. The molecule has 0 unspecified atom stereocenters. The SMILES string of the molecule is CC.[B]CC(/C=C\C=C)=C(/C)CN1CCN(C)c2cc(N=O)c(OC)cc2C1=O. The summed E-state index contributed by atoms with van der Waals surface area (Å²) in [5.74, 6) is 0.171. The summed E-state index contributed by atoms with van der Waals surface area (Å²) in [7, 11) is 9.18. The van der Waals surface area contributed by atoms with Gasteiger partial charge in [-0.2, -0.15) is 0 Å². The maximum atomic E-state index is 13.2. The van der Waals surface area contributed by atoms with Crippen LogP contribution in [0.25, 0.3) is 0 Å². The Hall–Kier alpha value is -2.83. The Balaban J connectivity index is 0.00000204. The van der Waals surface area contributed by atoms with Crippen molar-refractivity contribution in [2.45, 2.75) is 27.1 Å². The van der Waals surface area contributed by atoms with Crippen LogP contribution in [0.2, 0.25) is 6.32 Å². The van der Waals surface area contributed by atoms with Crippen LogP contribution in [0, 0.1) is 4.91 Å². The zero-order valence-electron chi connectivity index (χ0n) is 18.1. The molecule has 1 aromatic carbocycles. The average molecular weight is 395 g/mol. The molecule has 0 aromatic heterocycles. The molecule has 0 bridgehead atoms. The van der Waals surface area contributed by atoms with Gasteiger partial charge in [-0.25, -0.2) is 0 Å². The first-order chi connectivity index (χ1) is 14.0. The van der Waals surface area contributed by atoms with E-state index in [9.17, 15) is 9.70 Å². The Kier molecular flexibility index (Phi) is 9.93. The molecule has 1 heterocycles. The molecule has 2 radical (unpaired) electrons. The lowest BCUT2D eigenvalue weighted by atomic mass is 9.92. The summed E-state index contributed by atoms with van der Waals surface area (Å²) < 4.78 is 5.22. The molecule has 1 aromatic rings. The lowest BCUT2D eigenvalue weighted by Crippen LogP contribution is -2.35. The molecule has 1 aliphatic heterocycles. The van der Waals surface area contributed by atoms with Crippen molar-refractivity contribution in [1.29, 1.82) is 0 Å². The molecular formula is C22H30BN3O3. The molecule has 0 saturated heterocycles. The third-order valence-corrected chi connectivity index (χ3v) is 4.66. The monoisotopic (exact) mass is 395 g/mol. The molecule has 0 atom stereocenters. The Bertz CT molecular complexity index is 803. The van der Waals surface area contributed by atoms with Crippen LogP contribution in [-0.2, 0) is 0 Å². The molecule has 1 amide bonds. The molecule has 0 aliphatic carbocycles. The number of rotatable bonds is 7. The van der Waals surface area contributed by atoms with Crippen molar-refractivity contribution in [3.8, 4) is 5.75 Å². The molecule has 0 spiro atoms. The summed E-state index contributed by atoms with van der Waals surface area (Å²) in [6.45, 7) is 11.3. The molecule has 154 valence electrons. The second kappa shape index (κ2) is 11.9. The van der Waals surface area contributed by atoms with Gasteiger partial charge in [0.15, 0.2) is 5.69 Å². The smallest absolute Gasteiger partial charge is 0.256 e. The molecule has 7 heteroatoms. The number of likely N-dealkylation sites (N-methyl/N-ethyl adjacent to an activating group) is 1.